The third-order valence-corrected chi connectivity index (χ3v) is 3.00. The molecule has 0 spiro atoms. The monoisotopic (exact) mass is 227 g/mol. The third-order valence-electron chi connectivity index (χ3n) is 3.00. The molecule has 1 unspecified atom stereocenters. The summed E-state index contributed by atoms with van der Waals surface area (Å²) in [4.78, 5) is 0. The smallest absolute Gasteiger partial charge is 0.134 e. The van der Waals surface area contributed by atoms with E-state index in [0.717, 1.165) is 12.8 Å². The molecular weight excluding hydrogens is 212 g/mol. The van der Waals surface area contributed by atoms with E-state index in [-0.39, 0.29) is 17.4 Å². The number of methoxy groups -OCH3 is 1. The van der Waals surface area contributed by atoms with Crippen LogP contribution in [0, 0.1) is 17.6 Å². The number of ether oxygens (including phenoxy) is 1. The zero-order chi connectivity index (χ0) is 11.7. The summed E-state index contributed by atoms with van der Waals surface area (Å²) in [5.74, 6) is -0.516. The summed E-state index contributed by atoms with van der Waals surface area (Å²) in [5.41, 5.74) is 0.130. The van der Waals surface area contributed by atoms with Gasteiger partial charge in [-0.1, -0.05) is 0 Å². The van der Waals surface area contributed by atoms with E-state index in [1.54, 1.807) is 7.05 Å². The van der Waals surface area contributed by atoms with Crippen LogP contribution in [0.2, 0.25) is 0 Å². The maximum atomic E-state index is 13.8. The van der Waals surface area contributed by atoms with E-state index in [1.807, 2.05) is 0 Å². The standard InChI is InChI=1S/C12H15F2NO/c1-15-12(7-3-4-7)11-9(13)5-8(16-2)6-10(11)14/h5-7,12,15H,3-4H2,1-2H3. The number of hydrogen-bond acceptors (Lipinski definition) is 2. The molecule has 0 aromatic heterocycles. The Morgan fingerprint density at radius 1 is 1.31 bits per heavy atom. The van der Waals surface area contributed by atoms with Crippen LogP contribution in [-0.2, 0) is 0 Å². The number of nitrogens with one attached hydrogen (secondary N) is 1. The van der Waals surface area contributed by atoms with Gasteiger partial charge in [-0.3, -0.25) is 0 Å². The highest BCUT2D eigenvalue weighted by Gasteiger charge is 2.34. The average molecular weight is 227 g/mol. The van der Waals surface area contributed by atoms with Crippen LogP contribution in [0.4, 0.5) is 8.78 Å². The molecule has 1 aromatic rings. The summed E-state index contributed by atoms with van der Waals surface area (Å²) in [5, 5.41) is 2.98. The molecule has 16 heavy (non-hydrogen) atoms. The summed E-state index contributed by atoms with van der Waals surface area (Å²) < 4.78 is 32.3. The van der Waals surface area contributed by atoms with Crippen LogP contribution in [0.3, 0.4) is 0 Å². The zero-order valence-corrected chi connectivity index (χ0v) is 9.39. The lowest BCUT2D eigenvalue weighted by Crippen LogP contribution is -2.21. The van der Waals surface area contributed by atoms with Gasteiger partial charge < -0.3 is 10.1 Å². The van der Waals surface area contributed by atoms with Gasteiger partial charge in [0.1, 0.15) is 17.4 Å². The van der Waals surface area contributed by atoms with Crippen LogP contribution in [0.15, 0.2) is 12.1 Å². The number of halogens is 2. The largest absolute Gasteiger partial charge is 0.497 e. The molecule has 88 valence electrons. The predicted molar refractivity (Wildman–Crippen MR) is 57.4 cm³/mol. The molecule has 0 heterocycles. The molecule has 1 fully saturated rings. The molecule has 1 aliphatic rings. The molecular formula is C12H15F2NO. The molecule has 2 nitrogen and oxygen atoms in total. The second kappa shape index (κ2) is 4.37. The first kappa shape index (κ1) is 11.3. The molecule has 1 aliphatic carbocycles. The first-order chi connectivity index (χ1) is 7.67. The lowest BCUT2D eigenvalue weighted by atomic mass is 10.0. The molecule has 0 bridgehead atoms. The molecule has 1 aromatic carbocycles. The Morgan fingerprint density at radius 2 is 1.88 bits per heavy atom. The van der Waals surface area contributed by atoms with Crippen LogP contribution in [-0.4, -0.2) is 14.2 Å². The van der Waals surface area contributed by atoms with Crippen molar-refractivity contribution in [1.82, 2.24) is 5.32 Å². The summed E-state index contributed by atoms with van der Waals surface area (Å²) in [6.07, 6.45) is 2.05. The van der Waals surface area contributed by atoms with E-state index in [4.69, 9.17) is 4.74 Å². The minimum Gasteiger partial charge on any atom is -0.497 e. The Balaban J connectivity index is 2.38. The summed E-state index contributed by atoms with van der Waals surface area (Å²) in [6, 6.07) is 2.22. The molecule has 4 heteroatoms. The van der Waals surface area contributed by atoms with Gasteiger partial charge in [0, 0.05) is 23.7 Å². The first-order valence-corrected chi connectivity index (χ1v) is 5.37. The van der Waals surface area contributed by atoms with Crippen molar-refractivity contribution in [2.75, 3.05) is 14.2 Å². The molecule has 2 rings (SSSR count). The first-order valence-electron chi connectivity index (χ1n) is 5.37. The van der Waals surface area contributed by atoms with E-state index in [0.29, 0.717) is 5.92 Å². The molecule has 0 aliphatic heterocycles. The van der Waals surface area contributed by atoms with Crippen molar-refractivity contribution in [1.29, 1.82) is 0 Å². The lowest BCUT2D eigenvalue weighted by Gasteiger charge is -2.18. The van der Waals surface area contributed by atoms with Gasteiger partial charge in [-0.25, -0.2) is 8.78 Å². The second-order valence-electron chi connectivity index (χ2n) is 4.11. The van der Waals surface area contributed by atoms with E-state index in [2.05, 4.69) is 5.32 Å². The van der Waals surface area contributed by atoms with Crippen molar-refractivity contribution < 1.29 is 13.5 Å². The van der Waals surface area contributed by atoms with Gasteiger partial charge in [0.25, 0.3) is 0 Å². The van der Waals surface area contributed by atoms with Crippen molar-refractivity contribution in [3.05, 3.63) is 29.3 Å². The Hall–Kier alpha value is -1.16. The fourth-order valence-electron chi connectivity index (χ4n) is 2.02. The summed E-state index contributed by atoms with van der Waals surface area (Å²) >= 11 is 0. The number of benzene rings is 1. The van der Waals surface area contributed by atoms with E-state index >= 15 is 0 Å². The molecule has 1 atom stereocenters. The quantitative estimate of drug-likeness (QED) is 0.853. The molecule has 0 saturated heterocycles. The maximum absolute atomic E-state index is 13.8. The van der Waals surface area contributed by atoms with Crippen molar-refractivity contribution in [2.24, 2.45) is 5.92 Å². The van der Waals surface area contributed by atoms with E-state index in [9.17, 15) is 8.78 Å². The Labute approximate surface area is 93.6 Å². The fourth-order valence-corrected chi connectivity index (χ4v) is 2.02. The fraction of sp³-hybridized carbons (Fsp3) is 0.500. The van der Waals surface area contributed by atoms with Crippen LogP contribution in [0.5, 0.6) is 5.75 Å². The van der Waals surface area contributed by atoms with Crippen LogP contribution < -0.4 is 10.1 Å². The van der Waals surface area contributed by atoms with Gasteiger partial charge in [0.15, 0.2) is 0 Å². The van der Waals surface area contributed by atoms with Gasteiger partial charge in [-0.15, -0.1) is 0 Å². The van der Waals surface area contributed by atoms with E-state index in [1.165, 1.54) is 19.2 Å². The average Bonchev–Trinajstić information content (AvgIpc) is 3.06. The van der Waals surface area contributed by atoms with Gasteiger partial charge in [0.05, 0.1) is 7.11 Å². The topological polar surface area (TPSA) is 21.3 Å². The molecule has 1 N–H and O–H groups in total. The van der Waals surface area contributed by atoms with Crippen LogP contribution >= 0.6 is 0 Å². The van der Waals surface area contributed by atoms with Gasteiger partial charge >= 0.3 is 0 Å². The normalized spacial score (nSPS) is 17.2. The molecule has 0 amide bonds. The summed E-state index contributed by atoms with van der Waals surface area (Å²) in [7, 11) is 3.12. The highest BCUT2D eigenvalue weighted by Crippen LogP contribution is 2.42. The Morgan fingerprint density at radius 3 is 2.25 bits per heavy atom. The highest BCUT2D eigenvalue weighted by atomic mass is 19.1. The second-order valence-corrected chi connectivity index (χ2v) is 4.11. The van der Waals surface area contributed by atoms with Gasteiger partial charge in [-0.2, -0.15) is 0 Å². The maximum Gasteiger partial charge on any atom is 0.134 e. The van der Waals surface area contributed by atoms with Gasteiger partial charge in [-0.05, 0) is 25.8 Å². The van der Waals surface area contributed by atoms with Crippen molar-refractivity contribution in [3.63, 3.8) is 0 Å². The third kappa shape index (κ3) is 2.02. The highest BCUT2D eigenvalue weighted by molar-refractivity contribution is 5.33. The van der Waals surface area contributed by atoms with Crippen molar-refractivity contribution in [2.45, 2.75) is 18.9 Å². The Kier molecular flexibility index (Phi) is 3.10. The minimum atomic E-state index is -0.539. The minimum absolute atomic E-state index is 0.130. The Bertz CT molecular complexity index is 368. The van der Waals surface area contributed by atoms with Gasteiger partial charge in [0.2, 0.25) is 0 Å². The van der Waals surface area contributed by atoms with Crippen molar-refractivity contribution in [3.8, 4) is 5.75 Å². The van der Waals surface area contributed by atoms with Crippen molar-refractivity contribution >= 4 is 0 Å². The van der Waals surface area contributed by atoms with Crippen LogP contribution in [0.25, 0.3) is 0 Å². The predicted octanol–water partition coefficient (Wildman–Crippen LogP) is 2.64. The lowest BCUT2D eigenvalue weighted by molar-refractivity contribution is 0.399. The molecule has 1 saturated carbocycles. The summed E-state index contributed by atoms with van der Waals surface area (Å²) in [6.45, 7) is 0. The SMILES string of the molecule is CNC(c1c(F)cc(OC)cc1F)C1CC1. The van der Waals surface area contributed by atoms with Crippen LogP contribution in [0.1, 0.15) is 24.4 Å². The van der Waals surface area contributed by atoms with E-state index < -0.39 is 11.6 Å². The number of rotatable bonds is 4. The molecule has 0 radical (unpaired) electrons. The number of hydrogen-bond donors (Lipinski definition) is 1. The zero-order valence-electron chi connectivity index (χ0n) is 9.39.